The molecule has 1 amide bonds. The third-order valence-electron chi connectivity index (χ3n) is 1.89. The van der Waals surface area contributed by atoms with Crippen LogP contribution in [0.3, 0.4) is 0 Å². The molecule has 11 heteroatoms. The van der Waals surface area contributed by atoms with Crippen molar-refractivity contribution in [2.24, 2.45) is 0 Å². The second-order valence-corrected chi connectivity index (χ2v) is 5.97. The minimum absolute atomic E-state index is 0.152. The molecule has 0 unspecified atom stereocenters. The first kappa shape index (κ1) is 15.1. The summed E-state index contributed by atoms with van der Waals surface area (Å²) >= 11 is 0. The van der Waals surface area contributed by atoms with Crippen molar-refractivity contribution >= 4 is 27.5 Å². The molecule has 0 aliphatic rings. The highest BCUT2D eigenvalue weighted by atomic mass is 32.5. The molecule has 0 aliphatic heterocycles. The van der Waals surface area contributed by atoms with Gasteiger partial charge in [0.2, 0.25) is 5.91 Å². The summed E-state index contributed by atoms with van der Waals surface area (Å²) in [6, 6.07) is 0.839. The van der Waals surface area contributed by atoms with Crippen molar-refractivity contribution in [1.82, 2.24) is 0 Å². The number of nitro groups is 1. The number of nitrogens with zero attached hydrogens (tertiary/aromatic N) is 1. The Hall–Kier alpha value is -1.91. The van der Waals surface area contributed by atoms with E-state index in [2.05, 4.69) is 0 Å². The number of carbonyl (C=O) groups excluding carboxylic acids is 1. The molecule has 0 spiro atoms. The van der Waals surface area contributed by atoms with E-state index in [0.717, 1.165) is 13.0 Å². The van der Waals surface area contributed by atoms with Crippen molar-refractivity contribution in [3.05, 3.63) is 28.3 Å². The predicted molar refractivity (Wildman–Crippen MR) is 58.8 cm³/mol. The number of anilines is 1. The van der Waals surface area contributed by atoms with E-state index in [4.69, 9.17) is 0 Å². The monoisotopic (exact) mass is 306 g/mol. The summed E-state index contributed by atoms with van der Waals surface area (Å²) in [5, 5.41) is 12.2. The van der Waals surface area contributed by atoms with Crippen molar-refractivity contribution in [1.29, 1.82) is 0 Å². The van der Waals surface area contributed by atoms with E-state index in [1.54, 1.807) is 0 Å². The average molecular weight is 306 g/mol. The standard InChI is InChI=1S/C8H7F5N2O3S/c1-5(16)14-6-2-3-7(15(17)18)8(4-6)19(9,10,11,12)13/h2-4H,1H3,(H,14,16). The van der Waals surface area contributed by atoms with Gasteiger partial charge in [-0.2, -0.15) is 0 Å². The van der Waals surface area contributed by atoms with Gasteiger partial charge < -0.3 is 5.32 Å². The first-order valence-corrected chi connectivity index (χ1v) is 6.46. The van der Waals surface area contributed by atoms with E-state index >= 15 is 0 Å². The molecule has 0 fully saturated rings. The second kappa shape index (κ2) is 3.56. The van der Waals surface area contributed by atoms with Gasteiger partial charge in [0.05, 0.1) is 4.92 Å². The first-order valence-electron chi connectivity index (χ1n) is 4.51. The molecule has 0 heterocycles. The minimum atomic E-state index is -10.2. The Morgan fingerprint density at radius 2 is 1.79 bits per heavy atom. The summed E-state index contributed by atoms with van der Waals surface area (Å²) in [7, 11) is -10.2. The first-order chi connectivity index (χ1) is 8.20. The van der Waals surface area contributed by atoms with Crippen molar-refractivity contribution in [3.63, 3.8) is 0 Å². The van der Waals surface area contributed by atoms with Crippen molar-refractivity contribution in [3.8, 4) is 0 Å². The summed E-state index contributed by atoms with van der Waals surface area (Å²) in [5.74, 6) is -0.804. The molecule has 0 bridgehead atoms. The fourth-order valence-corrected chi connectivity index (χ4v) is 2.14. The Bertz CT molecular complexity index is 571. The van der Waals surface area contributed by atoms with Gasteiger partial charge in [0, 0.05) is 18.7 Å². The lowest BCUT2D eigenvalue weighted by atomic mass is 10.3. The van der Waals surface area contributed by atoms with Gasteiger partial charge in [-0.25, -0.2) is 0 Å². The molecular weight excluding hydrogens is 299 g/mol. The van der Waals surface area contributed by atoms with Crippen LogP contribution in [0, 0.1) is 10.1 Å². The zero-order chi connectivity index (χ0) is 15.1. The molecule has 108 valence electrons. The van der Waals surface area contributed by atoms with E-state index in [1.807, 2.05) is 5.32 Å². The quantitative estimate of drug-likeness (QED) is 0.516. The van der Waals surface area contributed by atoms with Crippen LogP contribution in [0.25, 0.3) is 0 Å². The fourth-order valence-electron chi connectivity index (χ4n) is 1.25. The zero-order valence-electron chi connectivity index (χ0n) is 9.20. The van der Waals surface area contributed by atoms with Crippen molar-refractivity contribution < 1.29 is 29.1 Å². The van der Waals surface area contributed by atoms with Crippen LogP contribution in [0.2, 0.25) is 0 Å². The number of rotatable bonds is 3. The molecule has 0 aromatic heterocycles. The number of hydrogen-bond acceptors (Lipinski definition) is 3. The maximum absolute atomic E-state index is 12.7. The average Bonchev–Trinajstić information content (AvgIpc) is 2.12. The molecule has 0 atom stereocenters. The van der Waals surface area contributed by atoms with E-state index in [0.29, 0.717) is 0 Å². The van der Waals surface area contributed by atoms with E-state index < -0.39 is 37.3 Å². The van der Waals surface area contributed by atoms with E-state index in [1.165, 1.54) is 0 Å². The molecule has 1 aromatic carbocycles. The van der Waals surface area contributed by atoms with Gasteiger partial charge in [0.15, 0.2) is 4.90 Å². The number of benzene rings is 1. The van der Waals surface area contributed by atoms with Gasteiger partial charge >= 0.3 is 10.2 Å². The Balaban J connectivity index is 3.59. The van der Waals surface area contributed by atoms with Crippen molar-refractivity contribution in [2.75, 3.05) is 5.32 Å². The van der Waals surface area contributed by atoms with Gasteiger partial charge in [0.1, 0.15) is 0 Å². The summed E-state index contributed by atoms with van der Waals surface area (Å²) in [4.78, 5) is 16.8. The highest BCUT2D eigenvalue weighted by Crippen LogP contribution is 3.03. The molecule has 1 aromatic rings. The molecule has 1 rings (SSSR count). The lowest BCUT2D eigenvalue weighted by Gasteiger charge is -2.39. The van der Waals surface area contributed by atoms with Gasteiger partial charge in [-0.3, -0.25) is 14.9 Å². The summed E-state index contributed by atoms with van der Waals surface area (Å²) in [5.41, 5.74) is -2.38. The van der Waals surface area contributed by atoms with Crippen LogP contribution in [-0.4, -0.2) is 10.8 Å². The Morgan fingerprint density at radius 3 is 2.16 bits per heavy atom. The summed E-state index contributed by atoms with van der Waals surface area (Å²) in [6.45, 7) is 0.945. The van der Waals surface area contributed by atoms with Crippen LogP contribution in [-0.2, 0) is 4.79 Å². The van der Waals surface area contributed by atoms with E-state index in [-0.39, 0.29) is 12.1 Å². The topological polar surface area (TPSA) is 72.2 Å². The smallest absolute Gasteiger partial charge is 0.316 e. The number of hydrogen-bond donors (Lipinski definition) is 1. The van der Waals surface area contributed by atoms with Crippen LogP contribution < -0.4 is 5.32 Å². The van der Waals surface area contributed by atoms with Crippen LogP contribution in [0.4, 0.5) is 30.8 Å². The Labute approximate surface area is 103 Å². The minimum Gasteiger partial charge on any atom is -0.326 e. The van der Waals surface area contributed by atoms with Gasteiger partial charge in [-0.15, -0.1) is 0 Å². The predicted octanol–water partition coefficient (Wildman–Crippen LogP) is 4.21. The highest BCUT2D eigenvalue weighted by molar-refractivity contribution is 8.45. The van der Waals surface area contributed by atoms with Crippen LogP contribution in [0.15, 0.2) is 23.1 Å². The van der Waals surface area contributed by atoms with Gasteiger partial charge in [-0.1, -0.05) is 19.4 Å². The van der Waals surface area contributed by atoms with Crippen LogP contribution in [0.1, 0.15) is 6.92 Å². The number of carbonyl (C=O) groups is 1. The number of amides is 1. The van der Waals surface area contributed by atoms with E-state index in [9.17, 15) is 34.3 Å². The SMILES string of the molecule is CC(=O)Nc1ccc([N+](=O)[O-])c(S(F)(F)(F)(F)F)c1. The van der Waals surface area contributed by atoms with Crippen LogP contribution in [0.5, 0.6) is 0 Å². The summed E-state index contributed by atoms with van der Waals surface area (Å²) in [6.07, 6.45) is 0. The molecule has 0 saturated carbocycles. The third kappa shape index (κ3) is 3.77. The summed E-state index contributed by atoms with van der Waals surface area (Å²) < 4.78 is 63.3. The van der Waals surface area contributed by atoms with Gasteiger partial charge in [-0.05, 0) is 12.1 Å². The number of nitrogens with one attached hydrogen (secondary N) is 1. The third-order valence-corrected chi connectivity index (χ3v) is 3.05. The maximum atomic E-state index is 12.7. The van der Waals surface area contributed by atoms with Gasteiger partial charge in [0.25, 0.3) is 5.69 Å². The zero-order valence-corrected chi connectivity index (χ0v) is 10.0. The fraction of sp³-hybridized carbons (Fsp3) is 0.125. The lowest BCUT2D eigenvalue weighted by molar-refractivity contribution is -0.388. The Morgan fingerprint density at radius 1 is 1.26 bits per heavy atom. The van der Waals surface area contributed by atoms with Crippen molar-refractivity contribution in [2.45, 2.75) is 11.8 Å². The second-order valence-electron chi connectivity index (χ2n) is 3.59. The molecular formula is C8H7F5N2O3S. The largest absolute Gasteiger partial charge is 0.326 e. The maximum Gasteiger partial charge on any atom is 0.316 e. The van der Waals surface area contributed by atoms with Crippen LogP contribution >= 0.6 is 10.2 Å². The molecule has 1 N–H and O–H groups in total. The molecule has 19 heavy (non-hydrogen) atoms. The molecule has 0 radical (unpaired) electrons. The molecule has 0 saturated heterocycles. The molecule has 5 nitrogen and oxygen atoms in total. The molecule has 0 aliphatic carbocycles. The number of halogens is 5. The normalized spacial score (nSPS) is 15.3. The highest BCUT2D eigenvalue weighted by Gasteiger charge is 2.68. The lowest BCUT2D eigenvalue weighted by Crippen LogP contribution is -2.11. The number of nitro benzene ring substituents is 1. The Kier molecular flexibility index (Phi) is 2.84.